The molecule has 0 atom stereocenters. The SMILES string of the molecule is O=C(Cc1csc(NC(=O)Nc2cccc(Cl)c2)n1)NCc1ccc(Cl)cc1. The first kappa shape index (κ1) is 20.1. The lowest BCUT2D eigenvalue weighted by atomic mass is 10.2. The highest BCUT2D eigenvalue weighted by Gasteiger charge is 2.10. The van der Waals surface area contributed by atoms with E-state index in [1.165, 1.54) is 11.3 Å². The standard InChI is InChI=1S/C19H16Cl2N4O2S/c20-13-6-4-12(5-7-13)10-22-17(26)9-16-11-28-19(24-16)25-18(27)23-15-3-1-2-14(21)8-15/h1-8,11H,9-10H2,(H,22,26)(H2,23,24,25,27). The number of nitrogens with zero attached hydrogens (tertiary/aromatic N) is 1. The van der Waals surface area contributed by atoms with Gasteiger partial charge in [-0.15, -0.1) is 11.3 Å². The second kappa shape index (κ2) is 9.54. The maximum absolute atomic E-state index is 12.1. The quantitative estimate of drug-likeness (QED) is 0.512. The van der Waals surface area contributed by atoms with Gasteiger partial charge in [-0.1, -0.05) is 41.4 Å². The Bertz CT molecular complexity index is 976. The van der Waals surface area contributed by atoms with E-state index in [0.717, 1.165) is 5.56 Å². The third kappa shape index (κ3) is 6.23. The molecule has 1 heterocycles. The van der Waals surface area contributed by atoms with Gasteiger partial charge in [0, 0.05) is 27.7 Å². The number of hydrogen-bond donors (Lipinski definition) is 3. The highest BCUT2D eigenvalue weighted by atomic mass is 35.5. The van der Waals surface area contributed by atoms with Crippen LogP contribution in [0.4, 0.5) is 15.6 Å². The molecule has 1 aromatic heterocycles. The molecule has 0 saturated carbocycles. The van der Waals surface area contributed by atoms with Crippen LogP contribution in [0.1, 0.15) is 11.3 Å². The molecule has 0 saturated heterocycles. The van der Waals surface area contributed by atoms with E-state index in [9.17, 15) is 9.59 Å². The predicted octanol–water partition coefficient (Wildman–Crippen LogP) is 4.95. The number of aromatic nitrogens is 1. The first-order chi connectivity index (χ1) is 13.5. The van der Waals surface area contributed by atoms with Crippen LogP contribution in [0.3, 0.4) is 0 Å². The smallest absolute Gasteiger partial charge is 0.325 e. The van der Waals surface area contributed by atoms with Crippen LogP contribution in [0.15, 0.2) is 53.9 Å². The summed E-state index contributed by atoms with van der Waals surface area (Å²) in [6.45, 7) is 0.410. The summed E-state index contributed by atoms with van der Waals surface area (Å²) in [5, 5.41) is 11.4. The molecule has 9 heteroatoms. The molecule has 0 aliphatic rings. The summed E-state index contributed by atoms with van der Waals surface area (Å²) in [5.74, 6) is -0.157. The van der Waals surface area contributed by atoms with Gasteiger partial charge in [0.1, 0.15) is 0 Å². The van der Waals surface area contributed by atoms with Crippen molar-refractivity contribution in [1.82, 2.24) is 10.3 Å². The van der Waals surface area contributed by atoms with E-state index in [1.807, 2.05) is 12.1 Å². The van der Waals surface area contributed by atoms with Crippen LogP contribution in [-0.2, 0) is 17.8 Å². The van der Waals surface area contributed by atoms with Crippen molar-refractivity contribution in [3.05, 3.63) is 75.2 Å². The molecule has 3 amide bonds. The zero-order chi connectivity index (χ0) is 19.9. The van der Waals surface area contributed by atoms with Crippen LogP contribution in [-0.4, -0.2) is 16.9 Å². The molecule has 0 spiro atoms. The van der Waals surface area contributed by atoms with Crippen LogP contribution < -0.4 is 16.0 Å². The third-order valence-electron chi connectivity index (χ3n) is 3.60. The van der Waals surface area contributed by atoms with Gasteiger partial charge in [0.05, 0.1) is 12.1 Å². The minimum atomic E-state index is -0.435. The van der Waals surface area contributed by atoms with Crippen molar-refractivity contribution in [2.45, 2.75) is 13.0 Å². The van der Waals surface area contributed by atoms with E-state index in [-0.39, 0.29) is 12.3 Å². The Hall–Kier alpha value is -2.61. The Morgan fingerprint density at radius 3 is 2.54 bits per heavy atom. The molecule has 144 valence electrons. The Labute approximate surface area is 175 Å². The van der Waals surface area contributed by atoms with Gasteiger partial charge in [-0.2, -0.15) is 0 Å². The minimum Gasteiger partial charge on any atom is -0.352 e. The van der Waals surface area contributed by atoms with Gasteiger partial charge in [0.2, 0.25) is 5.91 Å². The molecule has 3 rings (SSSR count). The van der Waals surface area contributed by atoms with Crippen molar-refractivity contribution in [2.75, 3.05) is 10.6 Å². The Kier molecular flexibility index (Phi) is 6.86. The maximum Gasteiger partial charge on any atom is 0.325 e. The summed E-state index contributed by atoms with van der Waals surface area (Å²) < 4.78 is 0. The van der Waals surface area contributed by atoms with Crippen LogP contribution in [0, 0.1) is 0 Å². The lowest BCUT2D eigenvalue weighted by molar-refractivity contribution is -0.120. The van der Waals surface area contributed by atoms with Gasteiger partial charge in [-0.05, 0) is 35.9 Å². The van der Waals surface area contributed by atoms with Gasteiger partial charge in [-0.3, -0.25) is 10.1 Å². The molecule has 6 nitrogen and oxygen atoms in total. The third-order valence-corrected chi connectivity index (χ3v) is 4.89. The summed E-state index contributed by atoms with van der Waals surface area (Å²) >= 11 is 13.0. The number of halogens is 2. The second-order valence-corrected chi connectivity index (χ2v) is 7.54. The molecule has 0 radical (unpaired) electrons. The van der Waals surface area contributed by atoms with Gasteiger partial charge in [0.15, 0.2) is 5.13 Å². The molecular formula is C19H16Cl2N4O2S. The minimum absolute atomic E-state index is 0.127. The average molecular weight is 435 g/mol. The van der Waals surface area contributed by atoms with Crippen LogP contribution >= 0.6 is 34.5 Å². The normalized spacial score (nSPS) is 10.4. The first-order valence-electron chi connectivity index (χ1n) is 8.27. The summed E-state index contributed by atoms with van der Waals surface area (Å²) in [5.41, 5.74) is 2.11. The van der Waals surface area contributed by atoms with Crippen molar-refractivity contribution in [3.8, 4) is 0 Å². The number of anilines is 2. The monoisotopic (exact) mass is 434 g/mol. The average Bonchev–Trinajstić information content (AvgIpc) is 3.07. The van der Waals surface area contributed by atoms with Gasteiger partial charge >= 0.3 is 6.03 Å². The van der Waals surface area contributed by atoms with E-state index in [2.05, 4.69) is 20.9 Å². The van der Waals surface area contributed by atoms with Crippen molar-refractivity contribution >= 4 is 57.3 Å². The molecule has 3 N–H and O–H groups in total. The fourth-order valence-electron chi connectivity index (χ4n) is 2.30. The van der Waals surface area contributed by atoms with E-state index < -0.39 is 6.03 Å². The molecule has 0 unspecified atom stereocenters. The van der Waals surface area contributed by atoms with Crippen molar-refractivity contribution in [3.63, 3.8) is 0 Å². The second-order valence-electron chi connectivity index (χ2n) is 5.81. The molecule has 28 heavy (non-hydrogen) atoms. The van der Waals surface area contributed by atoms with E-state index in [4.69, 9.17) is 23.2 Å². The largest absolute Gasteiger partial charge is 0.352 e. The fourth-order valence-corrected chi connectivity index (χ4v) is 3.32. The topological polar surface area (TPSA) is 83.1 Å². The van der Waals surface area contributed by atoms with E-state index in [0.29, 0.717) is 33.1 Å². The molecule has 0 aliphatic carbocycles. The predicted molar refractivity (Wildman–Crippen MR) is 113 cm³/mol. The molecule has 0 fully saturated rings. The molecule has 3 aromatic rings. The van der Waals surface area contributed by atoms with Gasteiger partial charge < -0.3 is 10.6 Å². The number of rotatable bonds is 6. The molecular weight excluding hydrogens is 419 g/mol. The Morgan fingerprint density at radius 1 is 1.00 bits per heavy atom. The van der Waals surface area contributed by atoms with Crippen molar-refractivity contribution in [2.24, 2.45) is 0 Å². The summed E-state index contributed by atoms with van der Waals surface area (Å²) in [6, 6.07) is 13.6. The number of carbonyl (C=O) groups excluding carboxylic acids is 2. The van der Waals surface area contributed by atoms with Crippen LogP contribution in [0.2, 0.25) is 10.0 Å². The number of amides is 3. The lowest BCUT2D eigenvalue weighted by Gasteiger charge is -2.05. The zero-order valence-electron chi connectivity index (χ0n) is 14.5. The summed E-state index contributed by atoms with van der Waals surface area (Å²) in [4.78, 5) is 28.4. The first-order valence-corrected chi connectivity index (χ1v) is 9.90. The highest BCUT2D eigenvalue weighted by molar-refractivity contribution is 7.14. The zero-order valence-corrected chi connectivity index (χ0v) is 16.9. The number of urea groups is 1. The van der Waals surface area contributed by atoms with E-state index >= 15 is 0 Å². The molecule has 2 aromatic carbocycles. The van der Waals surface area contributed by atoms with Gasteiger partial charge in [-0.25, -0.2) is 9.78 Å². The molecule has 0 bridgehead atoms. The maximum atomic E-state index is 12.1. The number of thiazole rings is 1. The Balaban J connectivity index is 1.47. The molecule has 0 aliphatic heterocycles. The number of benzene rings is 2. The van der Waals surface area contributed by atoms with E-state index in [1.54, 1.807) is 41.8 Å². The summed E-state index contributed by atoms with van der Waals surface area (Å²) in [6.07, 6.45) is 0.127. The fraction of sp³-hybridized carbons (Fsp3) is 0.105. The van der Waals surface area contributed by atoms with Crippen LogP contribution in [0.25, 0.3) is 0 Å². The van der Waals surface area contributed by atoms with Crippen molar-refractivity contribution in [1.29, 1.82) is 0 Å². The number of hydrogen-bond acceptors (Lipinski definition) is 4. The number of carbonyl (C=O) groups is 2. The van der Waals surface area contributed by atoms with Crippen LogP contribution in [0.5, 0.6) is 0 Å². The highest BCUT2D eigenvalue weighted by Crippen LogP contribution is 2.18. The Morgan fingerprint density at radius 2 is 1.79 bits per heavy atom. The van der Waals surface area contributed by atoms with Gasteiger partial charge in [0.25, 0.3) is 0 Å². The summed E-state index contributed by atoms with van der Waals surface area (Å²) in [7, 11) is 0. The lowest BCUT2D eigenvalue weighted by Crippen LogP contribution is -2.24. The number of nitrogens with one attached hydrogen (secondary N) is 3. The van der Waals surface area contributed by atoms with Crippen molar-refractivity contribution < 1.29 is 9.59 Å².